The van der Waals surface area contributed by atoms with Crippen molar-refractivity contribution in [1.29, 1.82) is 0 Å². The van der Waals surface area contributed by atoms with Crippen LogP contribution in [0.2, 0.25) is 0 Å². The van der Waals surface area contributed by atoms with Crippen molar-refractivity contribution < 1.29 is 8.42 Å². The third-order valence-corrected chi connectivity index (χ3v) is 6.04. The maximum atomic E-state index is 12.7. The van der Waals surface area contributed by atoms with Gasteiger partial charge in [0.25, 0.3) is 0 Å². The van der Waals surface area contributed by atoms with Crippen LogP contribution >= 0.6 is 12.4 Å². The number of hydrogen-bond donors (Lipinski definition) is 2. The normalized spacial score (nSPS) is 23.4. The smallest absolute Gasteiger partial charge is 0.246 e. The molecule has 0 amide bonds. The van der Waals surface area contributed by atoms with Crippen LogP contribution in [0.4, 0.5) is 0 Å². The molecule has 0 radical (unpaired) electrons. The summed E-state index contributed by atoms with van der Waals surface area (Å²) in [7, 11) is -3.49. The van der Waals surface area contributed by atoms with Gasteiger partial charge >= 0.3 is 0 Å². The first-order valence-electron chi connectivity index (χ1n) is 6.43. The number of sulfonamides is 1. The summed E-state index contributed by atoms with van der Waals surface area (Å²) >= 11 is 0. The van der Waals surface area contributed by atoms with E-state index in [4.69, 9.17) is 5.73 Å². The molecule has 1 unspecified atom stereocenters. The van der Waals surface area contributed by atoms with Crippen molar-refractivity contribution in [3.63, 3.8) is 0 Å². The Morgan fingerprint density at radius 3 is 2.45 bits per heavy atom. The molecule has 3 N–H and O–H groups in total. The maximum absolute atomic E-state index is 12.7. The highest BCUT2D eigenvalue weighted by molar-refractivity contribution is 7.89. The number of aromatic nitrogens is 2. The Morgan fingerprint density at radius 2 is 2.00 bits per heavy atom. The van der Waals surface area contributed by atoms with Gasteiger partial charge in [0, 0.05) is 19.1 Å². The summed E-state index contributed by atoms with van der Waals surface area (Å²) in [6.07, 6.45) is 0.683. The first kappa shape index (κ1) is 17.4. The zero-order valence-electron chi connectivity index (χ0n) is 12.3. The predicted molar refractivity (Wildman–Crippen MR) is 80.4 cm³/mol. The lowest BCUT2D eigenvalue weighted by Crippen LogP contribution is -2.53. The molecule has 1 aromatic rings. The van der Waals surface area contributed by atoms with E-state index in [2.05, 4.69) is 10.2 Å². The molecule has 1 aliphatic rings. The van der Waals surface area contributed by atoms with Crippen LogP contribution in [0, 0.1) is 19.3 Å². The molecule has 116 valence electrons. The molecule has 20 heavy (non-hydrogen) atoms. The van der Waals surface area contributed by atoms with Crippen LogP contribution in [0.25, 0.3) is 0 Å². The summed E-state index contributed by atoms with van der Waals surface area (Å²) in [4.78, 5) is 0.304. The maximum Gasteiger partial charge on any atom is 0.246 e. The largest absolute Gasteiger partial charge is 0.327 e. The highest BCUT2D eigenvalue weighted by atomic mass is 35.5. The van der Waals surface area contributed by atoms with Crippen LogP contribution in [0.5, 0.6) is 0 Å². The van der Waals surface area contributed by atoms with Gasteiger partial charge in [-0.05, 0) is 25.7 Å². The quantitative estimate of drug-likeness (QED) is 0.855. The van der Waals surface area contributed by atoms with Crippen LogP contribution in [0.3, 0.4) is 0 Å². The molecule has 0 bridgehead atoms. The summed E-state index contributed by atoms with van der Waals surface area (Å²) in [5, 5.41) is 6.70. The number of piperidine rings is 1. The fraction of sp³-hybridized carbons (Fsp3) is 0.750. The summed E-state index contributed by atoms with van der Waals surface area (Å²) in [5.74, 6) is 0. The lowest BCUT2D eigenvalue weighted by atomic mass is 9.81. The molecular weight excluding hydrogens is 300 g/mol. The lowest BCUT2D eigenvalue weighted by Gasteiger charge is -2.41. The molecule has 8 heteroatoms. The number of H-pyrrole nitrogens is 1. The van der Waals surface area contributed by atoms with E-state index in [-0.39, 0.29) is 23.9 Å². The topological polar surface area (TPSA) is 92.1 Å². The Hall–Kier alpha value is -0.630. The van der Waals surface area contributed by atoms with Crippen molar-refractivity contribution in [2.24, 2.45) is 11.1 Å². The molecule has 0 aliphatic carbocycles. The van der Waals surface area contributed by atoms with E-state index in [9.17, 15) is 8.42 Å². The van der Waals surface area contributed by atoms with E-state index in [1.165, 1.54) is 4.31 Å². The number of halogens is 1. The molecule has 6 nitrogen and oxygen atoms in total. The molecule has 1 aromatic heterocycles. The van der Waals surface area contributed by atoms with Crippen LogP contribution in [-0.2, 0) is 10.0 Å². The first-order chi connectivity index (χ1) is 8.66. The third kappa shape index (κ3) is 2.86. The second-order valence-electron chi connectivity index (χ2n) is 5.99. The zero-order valence-corrected chi connectivity index (χ0v) is 13.9. The van der Waals surface area contributed by atoms with Gasteiger partial charge in [0.05, 0.1) is 11.4 Å². The molecule has 1 saturated heterocycles. The van der Waals surface area contributed by atoms with Gasteiger partial charge in [0.2, 0.25) is 10.0 Å². The van der Waals surface area contributed by atoms with Crippen molar-refractivity contribution in [2.45, 2.75) is 45.1 Å². The molecule has 1 aliphatic heterocycles. The van der Waals surface area contributed by atoms with Gasteiger partial charge in [-0.25, -0.2) is 8.42 Å². The van der Waals surface area contributed by atoms with Gasteiger partial charge in [-0.1, -0.05) is 13.8 Å². The summed E-state index contributed by atoms with van der Waals surface area (Å²) in [6, 6.07) is 0.0329. The Kier molecular flexibility index (Phi) is 4.91. The molecular formula is C12H23ClN4O2S. The van der Waals surface area contributed by atoms with Crippen LogP contribution in [-0.4, -0.2) is 42.1 Å². The minimum absolute atomic E-state index is 0. The first-order valence-corrected chi connectivity index (χ1v) is 7.87. The van der Waals surface area contributed by atoms with Crippen molar-refractivity contribution in [3.05, 3.63) is 11.4 Å². The van der Waals surface area contributed by atoms with Crippen molar-refractivity contribution in [3.8, 4) is 0 Å². The van der Waals surface area contributed by atoms with E-state index >= 15 is 0 Å². The Morgan fingerprint density at radius 1 is 1.40 bits per heavy atom. The molecule has 1 atom stereocenters. The van der Waals surface area contributed by atoms with E-state index in [0.717, 1.165) is 0 Å². The number of nitrogens with two attached hydrogens (primary N) is 1. The molecule has 0 spiro atoms. The average Bonchev–Trinajstić information content (AvgIpc) is 2.62. The standard InChI is InChI=1S/C12H22N4O2S.ClH/c1-8-11(9(2)15-14-8)19(17,18)16-6-5-10(13)12(3,4)7-16;/h10H,5-7,13H2,1-4H3,(H,14,15);1H. The minimum atomic E-state index is -3.49. The summed E-state index contributed by atoms with van der Waals surface area (Å²) in [6.45, 7) is 8.37. The van der Waals surface area contributed by atoms with Crippen molar-refractivity contribution >= 4 is 22.4 Å². The lowest BCUT2D eigenvalue weighted by molar-refractivity contribution is 0.155. The fourth-order valence-electron chi connectivity index (χ4n) is 2.58. The van der Waals surface area contributed by atoms with Gasteiger partial charge in [0.15, 0.2) is 0 Å². The average molecular weight is 323 g/mol. The second-order valence-corrected chi connectivity index (χ2v) is 7.86. The van der Waals surface area contributed by atoms with Crippen LogP contribution in [0.1, 0.15) is 31.7 Å². The monoisotopic (exact) mass is 322 g/mol. The van der Waals surface area contributed by atoms with Crippen LogP contribution < -0.4 is 5.73 Å². The van der Waals surface area contributed by atoms with Gasteiger partial charge in [-0.3, -0.25) is 5.10 Å². The zero-order chi connectivity index (χ0) is 14.4. The highest BCUT2D eigenvalue weighted by Gasteiger charge is 2.40. The van der Waals surface area contributed by atoms with Gasteiger partial charge in [-0.2, -0.15) is 9.40 Å². The summed E-state index contributed by atoms with van der Waals surface area (Å²) < 4.78 is 26.9. The summed E-state index contributed by atoms with van der Waals surface area (Å²) in [5.41, 5.74) is 6.95. The molecule has 1 fully saturated rings. The molecule has 0 aromatic carbocycles. The van der Waals surface area contributed by atoms with E-state index in [1.54, 1.807) is 13.8 Å². The second kappa shape index (κ2) is 5.63. The molecule has 0 saturated carbocycles. The molecule has 2 heterocycles. The Labute approximate surface area is 126 Å². The third-order valence-electron chi connectivity index (χ3n) is 3.94. The van der Waals surface area contributed by atoms with Crippen molar-refractivity contribution in [1.82, 2.24) is 14.5 Å². The highest BCUT2D eigenvalue weighted by Crippen LogP contribution is 2.32. The number of aromatic amines is 1. The van der Waals surface area contributed by atoms with Gasteiger partial charge in [0.1, 0.15) is 4.90 Å². The number of hydrogen-bond acceptors (Lipinski definition) is 4. The number of rotatable bonds is 2. The SMILES string of the molecule is Cc1n[nH]c(C)c1S(=O)(=O)N1CCC(N)C(C)(C)C1.Cl. The fourth-order valence-corrected chi connectivity index (χ4v) is 4.54. The van der Waals surface area contributed by atoms with E-state index < -0.39 is 10.0 Å². The number of nitrogens with zero attached hydrogens (tertiary/aromatic N) is 2. The predicted octanol–water partition coefficient (Wildman–Crippen LogP) is 1.20. The van der Waals surface area contributed by atoms with Crippen LogP contribution in [0.15, 0.2) is 4.90 Å². The van der Waals surface area contributed by atoms with Crippen molar-refractivity contribution in [2.75, 3.05) is 13.1 Å². The van der Waals surface area contributed by atoms with Gasteiger partial charge < -0.3 is 5.73 Å². The number of aryl methyl sites for hydroxylation is 2. The Balaban J connectivity index is 0.00000200. The number of nitrogens with one attached hydrogen (secondary N) is 1. The molecule has 2 rings (SSSR count). The van der Waals surface area contributed by atoms with Gasteiger partial charge in [-0.15, -0.1) is 12.4 Å². The minimum Gasteiger partial charge on any atom is -0.327 e. The van der Waals surface area contributed by atoms with E-state index in [1.807, 2.05) is 13.8 Å². The van der Waals surface area contributed by atoms with E-state index in [0.29, 0.717) is 35.8 Å². The Bertz CT molecular complexity index is 563.